The Bertz CT molecular complexity index is 1040. The molecule has 29 heavy (non-hydrogen) atoms. The number of nitrogens with two attached hydrogens (primary N) is 1. The number of methoxy groups -OCH3 is 1. The van der Waals surface area contributed by atoms with Gasteiger partial charge in [0, 0.05) is 29.9 Å². The van der Waals surface area contributed by atoms with Gasteiger partial charge in [-0.2, -0.15) is 0 Å². The van der Waals surface area contributed by atoms with Crippen molar-refractivity contribution in [3.63, 3.8) is 0 Å². The molecular weight excluding hydrogens is 394 g/mol. The maximum atomic E-state index is 13.5. The fourth-order valence-corrected chi connectivity index (χ4v) is 3.74. The minimum absolute atomic E-state index is 0.0632. The molecule has 2 N–H and O–H groups in total. The standard InChI is InChI=1S/C21H24ClN3O4/c1-12-11-15-17(20(26)25(12)10-9-24(2)3)16(13-7-5-6-8-14(13)22)18(19(23)29-15)21(27)28-4/h5-8,11,16H,9-10,23H2,1-4H3/t16-/m1/s1. The van der Waals surface area contributed by atoms with Gasteiger partial charge >= 0.3 is 5.97 Å². The van der Waals surface area contributed by atoms with E-state index in [2.05, 4.69) is 0 Å². The number of benzene rings is 1. The second-order valence-corrected chi connectivity index (χ2v) is 7.56. The van der Waals surface area contributed by atoms with E-state index >= 15 is 0 Å². The lowest BCUT2D eigenvalue weighted by molar-refractivity contribution is -0.136. The number of aryl methyl sites for hydroxylation is 1. The third-order valence-electron chi connectivity index (χ3n) is 4.96. The van der Waals surface area contributed by atoms with Gasteiger partial charge in [0.05, 0.1) is 18.6 Å². The van der Waals surface area contributed by atoms with Crippen molar-refractivity contribution in [2.24, 2.45) is 5.73 Å². The predicted molar refractivity (Wildman–Crippen MR) is 111 cm³/mol. The summed E-state index contributed by atoms with van der Waals surface area (Å²) in [6.45, 7) is 3.01. The average Bonchev–Trinajstić information content (AvgIpc) is 2.66. The maximum Gasteiger partial charge on any atom is 0.340 e. The molecule has 0 saturated heterocycles. The molecule has 0 fully saturated rings. The van der Waals surface area contributed by atoms with E-state index in [-0.39, 0.29) is 17.0 Å². The first-order valence-corrected chi connectivity index (χ1v) is 9.53. The zero-order chi connectivity index (χ0) is 21.3. The molecule has 0 amide bonds. The Kier molecular flexibility index (Phi) is 6.00. The molecule has 3 rings (SSSR count). The largest absolute Gasteiger partial charge is 0.465 e. The number of likely N-dealkylation sites (N-methyl/N-ethyl adjacent to an activating group) is 1. The molecule has 0 radical (unpaired) electrons. The van der Waals surface area contributed by atoms with Crippen LogP contribution in [0.5, 0.6) is 5.75 Å². The van der Waals surface area contributed by atoms with E-state index in [9.17, 15) is 9.59 Å². The van der Waals surface area contributed by atoms with Crippen molar-refractivity contribution in [1.29, 1.82) is 0 Å². The first kappa shape index (κ1) is 21.0. The molecule has 1 aliphatic rings. The highest BCUT2D eigenvalue weighted by molar-refractivity contribution is 6.31. The summed E-state index contributed by atoms with van der Waals surface area (Å²) in [5.74, 6) is -1.24. The molecule has 7 nitrogen and oxygen atoms in total. The van der Waals surface area contributed by atoms with Crippen molar-refractivity contribution in [1.82, 2.24) is 9.47 Å². The first-order valence-electron chi connectivity index (χ1n) is 9.15. The highest BCUT2D eigenvalue weighted by Gasteiger charge is 2.39. The van der Waals surface area contributed by atoms with Crippen LogP contribution in [0.2, 0.25) is 5.02 Å². The van der Waals surface area contributed by atoms with Crippen molar-refractivity contribution in [3.05, 3.63) is 74.0 Å². The Balaban J connectivity index is 2.29. The fraction of sp³-hybridized carbons (Fsp3) is 0.333. The van der Waals surface area contributed by atoms with Gasteiger partial charge in [-0.25, -0.2) is 4.79 Å². The number of fused-ring (bicyclic) bond motifs is 1. The van der Waals surface area contributed by atoms with Gasteiger partial charge in [-0.3, -0.25) is 4.79 Å². The quantitative estimate of drug-likeness (QED) is 0.751. The van der Waals surface area contributed by atoms with Crippen LogP contribution in [-0.2, 0) is 16.1 Å². The van der Waals surface area contributed by atoms with Crippen molar-refractivity contribution in [2.75, 3.05) is 27.7 Å². The summed E-state index contributed by atoms with van der Waals surface area (Å²) in [6, 6.07) is 8.80. The number of carbonyl (C=O) groups excluding carboxylic acids is 1. The average molecular weight is 418 g/mol. The molecule has 2 aromatic rings. The molecule has 154 valence electrons. The van der Waals surface area contributed by atoms with Crippen LogP contribution in [0.15, 0.2) is 46.6 Å². The van der Waals surface area contributed by atoms with Gasteiger partial charge in [0.25, 0.3) is 5.56 Å². The summed E-state index contributed by atoms with van der Waals surface area (Å²) in [4.78, 5) is 28.1. The van der Waals surface area contributed by atoms with Crippen molar-refractivity contribution in [2.45, 2.75) is 19.4 Å². The molecule has 2 heterocycles. The molecule has 1 aliphatic heterocycles. The lowest BCUT2D eigenvalue weighted by Gasteiger charge is -2.29. The highest BCUT2D eigenvalue weighted by atomic mass is 35.5. The number of hydrogen-bond donors (Lipinski definition) is 1. The maximum absolute atomic E-state index is 13.5. The van der Waals surface area contributed by atoms with E-state index in [0.717, 1.165) is 5.69 Å². The van der Waals surface area contributed by atoms with E-state index in [0.29, 0.717) is 35.0 Å². The summed E-state index contributed by atoms with van der Waals surface area (Å²) in [7, 11) is 5.13. The molecule has 1 atom stereocenters. The Hall–Kier alpha value is -2.77. The van der Waals surface area contributed by atoms with Gasteiger partial charge in [0.2, 0.25) is 5.88 Å². The summed E-state index contributed by atoms with van der Waals surface area (Å²) in [5.41, 5.74) is 7.54. The smallest absolute Gasteiger partial charge is 0.340 e. The zero-order valence-electron chi connectivity index (χ0n) is 16.9. The van der Waals surface area contributed by atoms with Gasteiger partial charge in [-0.1, -0.05) is 29.8 Å². The van der Waals surface area contributed by atoms with Crippen LogP contribution < -0.4 is 16.0 Å². The second kappa shape index (κ2) is 8.31. The zero-order valence-corrected chi connectivity index (χ0v) is 17.6. The summed E-state index contributed by atoms with van der Waals surface area (Å²) in [6.07, 6.45) is 0. The van der Waals surface area contributed by atoms with E-state index in [4.69, 9.17) is 26.8 Å². The van der Waals surface area contributed by atoms with Crippen molar-refractivity contribution < 1.29 is 14.3 Å². The number of rotatable bonds is 5. The third kappa shape index (κ3) is 3.88. The number of hydrogen-bond acceptors (Lipinski definition) is 6. The Morgan fingerprint density at radius 2 is 2.03 bits per heavy atom. The Morgan fingerprint density at radius 3 is 2.66 bits per heavy atom. The van der Waals surface area contributed by atoms with Gasteiger partial charge < -0.3 is 24.7 Å². The van der Waals surface area contributed by atoms with Gasteiger partial charge in [0.15, 0.2) is 0 Å². The SMILES string of the molecule is COC(=O)C1=C(N)Oc2cc(C)n(CCN(C)C)c(=O)c2[C@H]1c1ccccc1Cl. The third-order valence-corrected chi connectivity index (χ3v) is 5.31. The van der Waals surface area contributed by atoms with E-state index in [1.54, 1.807) is 34.9 Å². The number of carbonyl (C=O) groups is 1. The lowest BCUT2D eigenvalue weighted by atomic mass is 9.83. The number of pyridine rings is 1. The Labute approximate surface area is 174 Å². The van der Waals surface area contributed by atoms with Crippen LogP contribution in [0.3, 0.4) is 0 Å². The van der Waals surface area contributed by atoms with Crippen LogP contribution in [0.4, 0.5) is 0 Å². The van der Waals surface area contributed by atoms with E-state index in [1.807, 2.05) is 25.9 Å². The number of ether oxygens (including phenoxy) is 2. The van der Waals surface area contributed by atoms with Crippen molar-refractivity contribution in [3.8, 4) is 5.75 Å². The molecule has 0 unspecified atom stereocenters. The molecule has 0 bridgehead atoms. The highest BCUT2D eigenvalue weighted by Crippen LogP contribution is 2.43. The topological polar surface area (TPSA) is 86.8 Å². The van der Waals surface area contributed by atoms with Crippen LogP contribution in [-0.4, -0.2) is 43.2 Å². The summed E-state index contributed by atoms with van der Waals surface area (Å²) >= 11 is 6.44. The first-order chi connectivity index (χ1) is 13.8. The van der Waals surface area contributed by atoms with Crippen LogP contribution in [0.1, 0.15) is 22.7 Å². The van der Waals surface area contributed by atoms with Gasteiger partial charge in [0.1, 0.15) is 11.3 Å². The molecule has 0 aliphatic carbocycles. The minimum Gasteiger partial charge on any atom is -0.465 e. The molecule has 1 aromatic carbocycles. The van der Waals surface area contributed by atoms with Crippen LogP contribution >= 0.6 is 11.6 Å². The molecule has 0 saturated carbocycles. The lowest BCUT2D eigenvalue weighted by Crippen LogP contribution is -2.36. The Morgan fingerprint density at radius 1 is 1.34 bits per heavy atom. The number of esters is 1. The summed E-state index contributed by atoms with van der Waals surface area (Å²) in [5, 5.41) is 0.416. The van der Waals surface area contributed by atoms with Crippen LogP contribution in [0, 0.1) is 6.92 Å². The normalized spacial score (nSPS) is 15.9. The molecule has 8 heteroatoms. The van der Waals surface area contributed by atoms with Crippen LogP contribution in [0.25, 0.3) is 0 Å². The second-order valence-electron chi connectivity index (χ2n) is 7.15. The molecule has 1 aromatic heterocycles. The number of halogens is 1. The summed E-state index contributed by atoms with van der Waals surface area (Å²) < 4.78 is 12.3. The van der Waals surface area contributed by atoms with Gasteiger partial charge in [-0.15, -0.1) is 0 Å². The molecular formula is C21H24ClN3O4. The fourth-order valence-electron chi connectivity index (χ4n) is 3.49. The monoisotopic (exact) mass is 417 g/mol. The minimum atomic E-state index is -0.793. The van der Waals surface area contributed by atoms with Gasteiger partial charge in [-0.05, 0) is 32.6 Å². The van der Waals surface area contributed by atoms with E-state index < -0.39 is 11.9 Å². The molecule has 0 spiro atoms. The number of nitrogens with zero attached hydrogens (tertiary/aromatic N) is 2. The number of aromatic nitrogens is 1. The predicted octanol–water partition coefficient (Wildman–Crippen LogP) is 2.24. The van der Waals surface area contributed by atoms with Crippen molar-refractivity contribution >= 4 is 17.6 Å². The van der Waals surface area contributed by atoms with E-state index in [1.165, 1.54) is 7.11 Å².